The molecule has 0 aliphatic carbocycles. The van der Waals surface area contributed by atoms with Gasteiger partial charge < -0.3 is 0 Å². The Morgan fingerprint density at radius 3 is 2.50 bits per heavy atom. The molecule has 0 aliphatic rings. The molecule has 4 heteroatoms. The van der Waals surface area contributed by atoms with Crippen molar-refractivity contribution < 1.29 is 8.78 Å². The fraction of sp³-hybridized carbons (Fsp3) is 0. The lowest BCUT2D eigenvalue weighted by molar-refractivity contribution is 0.566. The normalized spacial score (nSPS) is 9.90. The van der Waals surface area contributed by atoms with E-state index in [1.165, 1.54) is 12.1 Å². The molecule has 0 spiro atoms. The third-order valence-electron chi connectivity index (χ3n) is 0.992. The average molecular weight is 178 g/mol. The van der Waals surface area contributed by atoms with Crippen molar-refractivity contribution in [2.24, 2.45) is 0 Å². The Labute approximate surface area is 66.4 Å². The maximum absolute atomic E-state index is 12.5. The van der Waals surface area contributed by atoms with Gasteiger partial charge in [0.2, 0.25) is 0 Å². The van der Waals surface area contributed by atoms with Crippen molar-refractivity contribution in [2.45, 2.75) is 4.90 Å². The molecule has 0 amide bonds. The van der Waals surface area contributed by atoms with Crippen LogP contribution in [0.3, 0.4) is 0 Å². The lowest BCUT2D eigenvalue weighted by Crippen LogP contribution is -1.80. The quantitative estimate of drug-likeness (QED) is 0.509. The number of halogens is 2. The van der Waals surface area contributed by atoms with Gasteiger partial charge in [-0.15, -0.1) is 11.7 Å². The molecule has 10 heavy (non-hydrogen) atoms. The number of hydrogen-bond donors (Lipinski definition) is 1. The molecule has 0 aromatic heterocycles. The third-order valence-corrected chi connectivity index (χ3v) is 2.11. The highest BCUT2D eigenvalue weighted by Gasteiger charge is 2.00. The van der Waals surface area contributed by atoms with E-state index < -0.39 is 11.6 Å². The molecule has 0 saturated heterocycles. The fourth-order valence-electron chi connectivity index (χ4n) is 0.549. The standard InChI is InChI=1S/C6H4F2S2/c7-4-1-2-6(10-9)5(8)3-4/h1-3,9H. The largest absolute Gasteiger partial charge is 0.207 e. The highest BCUT2D eigenvalue weighted by atomic mass is 33.1. The van der Waals surface area contributed by atoms with Crippen molar-refractivity contribution in [1.82, 2.24) is 0 Å². The molecule has 0 aliphatic heterocycles. The zero-order valence-electron chi connectivity index (χ0n) is 4.84. The molecule has 1 aromatic carbocycles. The predicted molar refractivity (Wildman–Crippen MR) is 41.2 cm³/mol. The second-order valence-corrected chi connectivity index (χ2v) is 2.84. The van der Waals surface area contributed by atoms with Gasteiger partial charge in [0.15, 0.2) is 0 Å². The first-order chi connectivity index (χ1) is 4.74. The van der Waals surface area contributed by atoms with Crippen LogP contribution in [0.5, 0.6) is 0 Å². The van der Waals surface area contributed by atoms with Crippen LogP contribution < -0.4 is 0 Å². The minimum atomic E-state index is -0.569. The van der Waals surface area contributed by atoms with E-state index in [0.717, 1.165) is 16.9 Å². The Morgan fingerprint density at radius 1 is 1.30 bits per heavy atom. The highest BCUT2D eigenvalue weighted by molar-refractivity contribution is 8.68. The van der Waals surface area contributed by atoms with Crippen LogP contribution in [0.25, 0.3) is 0 Å². The summed E-state index contributed by atoms with van der Waals surface area (Å²) in [6, 6.07) is 3.38. The van der Waals surface area contributed by atoms with Crippen LogP contribution in [-0.4, -0.2) is 0 Å². The van der Waals surface area contributed by atoms with E-state index in [0.29, 0.717) is 4.90 Å². The van der Waals surface area contributed by atoms with Crippen molar-refractivity contribution in [3.8, 4) is 0 Å². The Kier molecular flexibility index (Phi) is 2.56. The summed E-state index contributed by atoms with van der Waals surface area (Å²) < 4.78 is 24.8. The summed E-state index contributed by atoms with van der Waals surface area (Å²) in [7, 11) is 0.957. The second kappa shape index (κ2) is 3.25. The summed E-state index contributed by atoms with van der Waals surface area (Å²) in [5.41, 5.74) is 0. The first kappa shape index (κ1) is 7.88. The SMILES string of the molecule is Fc1ccc(SS)c(F)c1. The van der Waals surface area contributed by atoms with Gasteiger partial charge in [0, 0.05) is 6.07 Å². The maximum atomic E-state index is 12.5. The Bertz CT molecular complexity index is 237. The van der Waals surface area contributed by atoms with Gasteiger partial charge in [-0.25, -0.2) is 8.78 Å². The van der Waals surface area contributed by atoms with Crippen molar-refractivity contribution in [2.75, 3.05) is 0 Å². The summed E-state index contributed by atoms with van der Waals surface area (Å²) in [5, 5.41) is 0. The molecule has 0 heterocycles. The summed E-state index contributed by atoms with van der Waals surface area (Å²) in [4.78, 5) is 0.338. The van der Waals surface area contributed by atoms with Gasteiger partial charge in [0.1, 0.15) is 11.6 Å². The van der Waals surface area contributed by atoms with E-state index in [2.05, 4.69) is 11.7 Å². The predicted octanol–water partition coefficient (Wildman–Crippen LogP) is 2.90. The molecule has 1 rings (SSSR count). The molecule has 0 fully saturated rings. The number of benzene rings is 1. The molecular weight excluding hydrogens is 174 g/mol. The lowest BCUT2D eigenvalue weighted by Gasteiger charge is -1.95. The monoisotopic (exact) mass is 178 g/mol. The van der Waals surface area contributed by atoms with Gasteiger partial charge in [-0.1, -0.05) is 10.8 Å². The smallest absolute Gasteiger partial charge is 0.140 e. The van der Waals surface area contributed by atoms with Gasteiger partial charge >= 0.3 is 0 Å². The van der Waals surface area contributed by atoms with E-state index in [-0.39, 0.29) is 0 Å². The topological polar surface area (TPSA) is 0 Å². The Balaban J connectivity index is 3.07. The zero-order chi connectivity index (χ0) is 7.56. The van der Waals surface area contributed by atoms with Crippen molar-refractivity contribution >= 4 is 22.5 Å². The van der Waals surface area contributed by atoms with Crippen molar-refractivity contribution in [3.05, 3.63) is 29.8 Å². The van der Waals surface area contributed by atoms with Crippen LogP contribution >= 0.6 is 22.5 Å². The van der Waals surface area contributed by atoms with Gasteiger partial charge in [0.05, 0.1) is 4.90 Å². The Hall–Kier alpha value is -0.220. The first-order valence-electron chi connectivity index (χ1n) is 2.50. The van der Waals surface area contributed by atoms with E-state index in [1.54, 1.807) is 0 Å². The first-order valence-corrected chi connectivity index (χ1v) is 4.37. The molecule has 0 bridgehead atoms. The summed E-state index contributed by atoms with van der Waals surface area (Å²) in [5.74, 6) is -1.14. The minimum Gasteiger partial charge on any atom is -0.207 e. The molecule has 0 saturated carbocycles. The van der Waals surface area contributed by atoms with Gasteiger partial charge in [0.25, 0.3) is 0 Å². The van der Waals surface area contributed by atoms with Crippen LogP contribution in [0, 0.1) is 11.6 Å². The van der Waals surface area contributed by atoms with Gasteiger partial charge in [-0.3, -0.25) is 0 Å². The lowest BCUT2D eigenvalue weighted by atomic mass is 10.3. The van der Waals surface area contributed by atoms with Crippen LogP contribution in [0.15, 0.2) is 23.1 Å². The van der Waals surface area contributed by atoms with Crippen LogP contribution in [-0.2, 0) is 0 Å². The van der Waals surface area contributed by atoms with Crippen LogP contribution in [0.4, 0.5) is 8.78 Å². The molecule has 0 unspecified atom stereocenters. The molecule has 0 atom stereocenters. The maximum Gasteiger partial charge on any atom is 0.140 e. The summed E-state index contributed by atoms with van der Waals surface area (Å²) in [6.45, 7) is 0. The van der Waals surface area contributed by atoms with Crippen LogP contribution in [0.2, 0.25) is 0 Å². The summed E-state index contributed by atoms with van der Waals surface area (Å²) in [6.07, 6.45) is 0. The van der Waals surface area contributed by atoms with E-state index >= 15 is 0 Å². The molecular formula is C6H4F2S2. The molecule has 54 valence electrons. The van der Waals surface area contributed by atoms with Gasteiger partial charge in [-0.2, -0.15) is 0 Å². The van der Waals surface area contributed by atoms with E-state index in [4.69, 9.17) is 0 Å². The molecule has 1 aromatic rings. The molecule has 0 nitrogen and oxygen atoms in total. The van der Waals surface area contributed by atoms with Gasteiger partial charge in [-0.05, 0) is 12.1 Å². The highest BCUT2D eigenvalue weighted by Crippen LogP contribution is 2.24. The average Bonchev–Trinajstić information content (AvgIpc) is 1.88. The molecule has 0 radical (unpaired) electrons. The zero-order valence-corrected chi connectivity index (χ0v) is 6.55. The molecule has 0 N–H and O–H groups in total. The van der Waals surface area contributed by atoms with E-state index in [9.17, 15) is 8.78 Å². The fourth-order valence-corrected chi connectivity index (χ4v) is 1.27. The third kappa shape index (κ3) is 1.64. The van der Waals surface area contributed by atoms with E-state index in [1.807, 2.05) is 0 Å². The van der Waals surface area contributed by atoms with Crippen LogP contribution in [0.1, 0.15) is 0 Å². The summed E-state index contributed by atoms with van der Waals surface area (Å²) >= 11 is 3.77. The van der Waals surface area contributed by atoms with Crippen molar-refractivity contribution in [3.63, 3.8) is 0 Å². The minimum absolute atomic E-state index is 0.338. The number of thiol groups is 1. The van der Waals surface area contributed by atoms with Crippen molar-refractivity contribution in [1.29, 1.82) is 0 Å². The Morgan fingerprint density at radius 2 is 2.00 bits per heavy atom. The number of hydrogen-bond acceptors (Lipinski definition) is 2. The second-order valence-electron chi connectivity index (χ2n) is 1.67. The number of rotatable bonds is 1.